The lowest BCUT2D eigenvalue weighted by Gasteiger charge is -2.23. The van der Waals surface area contributed by atoms with Gasteiger partial charge in [-0.15, -0.1) is 0 Å². The van der Waals surface area contributed by atoms with Crippen LogP contribution in [-0.4, -0.2) is 23.9 Å². The monoisotopic (exact) mass is 224 g/mol. The Morgan fingerprint density at radius 2 is 2.00 bits per heavy atom. The molecule has 3 nitrogen and oxygen atoms in total. The summed E-state index contributed by atoms with van der Waals surface area (Å²) >= 11 is 5.81. The van der Waals surface area contributed by atoms with Crippen molar-refractivity contribution in [3.63, 3.8) is 0 Å². The van der Waals surface area contributed by atoms with E-state index in [1.54, 1.807) is 11.9 Å². The number of likely N-dealkylation sites (tertiary alicyclic amines) is 1. The Morgan fingerprint density at radius 3 is 2.47 bits per heavy atom. The van der Waals surface area contributed by atoms with Crippen molar-refractivity contribution in [2.75, 3.05) is 7.05 Å². The van der Waals surface area contributed by atoms with Crippen LogP contribution in [0.5, 0.6) is 0 Å². The molecule has 0 saturated carbocycles. The van der Waals surface area contributed by atoms with Crippen molar-refractivity contribution < 1.29 is 4.79 Å². The van der Waals surface area contributed by atoms with Gasteiger partial charge in [-0.3, -0.25) is 4.79 Å². The summed E-state index contributed by atoms with van der Waals surface area (Å²) in [6.45, 7) is 0. The SMILES string of the molecule is CN1C(=O)C[C@H](N)[C@@H]1c1ccc(Cl)cc1. The molecule has 4 heteroatoms. The number of benzene rings is 1. The third-order valence-electron chi connectivity index (χ3n) is 2.84. The standard InChI is InChI=1S/C11H13ClN2O/c1-14-10(15)6-9(13)11(14)7-2-4-8(12)5-3-7/h2-5,9,11H,6,13H2,1H3/t9-,11-/m0/s1. The first-order valence-electron chi connectivity index (χ1n) is 4.86. The van der Waals surface area contributed by atoms with E-state index < -0.39 is 0 Å². The summed E-state index contributed by atoms with van der Waals surface area (Å²) < 4.78 is 0. The number of likely N-dealkylation sites (N-methyl/N-ethyl adjacent to an activating group) is 1. The van der Waals surface area contributed by atoms with Crippen LogP contribution in [0.4, 0.5) is 0 Å². The predicted molar refractivity (Wildman–Crippen MR) is 59.6 cm³/mol. The van der Waals surface area contributed by atoms with Crippen LogP contribution in [0, 0.1) is 0 Å². The zero-order valence-electron chi connectivity index (χ0n) is 8.48. The largest absolute Gasteiger partial charge is 0.337 e. The first-order valence-corrected chi connectivity index (χ1v) is 5.24. The van der Waals surface area contributed by atoms with E-state index in [1.807, 2.05) is 24.3 Å². The molecule has 1 aliphatic rings. The first kappa shape index (κ1) is 10.5. The molecule has 1 amide bonds. The van der Waals surface area contributed by atoms with E-state index in [0.29, 0.717) is 11.4 Å². The maximum Gasteiger partial charge on any atom is 0.224 e. The molecule has 0 unspecified atom stereocenters. The number of hydrogen-bond acceptors (Lipinski definition) is 2. The van der Waals surface area contributed by atoms with Crippen molar-refractivity contribution in [3.05, 3.63) is 34.9 Å². The summed E-state index contributed by atoms with van der Waals surface area (Å²) in [5.41, 5.74) is 6.98. The van der Waals surface area contributed by atoms with Gasteiger partial charge < -0.3 is 10.6 Å². The molecular weight excluding hydrogens is 212 g/mol. The fourth-order valence-corrected chi connectivity index (χ4v) is 2.16. The number of carbonyl (C=O) groups is 1. The molecule has 15 heavy (non-hydrogen) atoms. The molecule has 0 bridgehead atoms. The Balaban J connectivity index is 2.30. The number of nitrogens with two attached hydrogens (primary N) is 1. The molecular formula is C11H13ClN2O. The van der Waals surface area contributed by atoms with Gasteiger partial charge in [0.1, 0.15) is 0 Å². The van der Waals surface area contributed by atoms with E-state index >= 15 is 0 Å². The summed E-state index contributed by atoms with van der Waals surface area (Å²) in [6, 6.07) is 7.34. The second kappa shape index (κ2) is 3.83. The Labute approximate surface area is 93.8 Å². The van der Waals surface area contributed by atoms with Gasteiger partial charge in [-0.1, -0.05) is 23.7 Å². The highest BCUT2D eigenvalue weighted by Crippen LogP contribution is 2.30. The van der Waals surface area contributed by atoms with Gasteiger partial charge in [0, 0.05) is 24.5 Å². The second-order valence-electron chi connectivity index (χ2n) is 3.87. The van der Waals surface area contributed by atoms with E-state index in [9.17, 15) is 4.79 Å². The van der Waals surface area contributed by atoms with Crippen LogP contribution in [0.15, 0.2) is 24.3 Å². The minimum atomic E-state index is -0.122. The number of rotatable bonds is 1. The van der Waals surface area contributed by atoms with Gasteiger partial charge in [-0.05, 0) is 17.7 Å². The molecule has 0 radical (unpaired) electrons. The molecule has 1 saturated heterocycles. The number of nitrogens with zero attached hydrogens (tertiary/aromatic N) is 1. The van der Waals surface area contributed by atoms with E-state index in [1.165, 1.54) is 0 Å². The summed E-state index contributed by atoms with van der Waals surface area (Å²) in [4.78, 5) is 13.2. The Morgan fingerprint density at radius 1 is 1.40 bits per heavy atom. The second-order valence-corrected chi connectivity index (χ2v) is 4.31. The Bertz CT molecular complexity index is 377. The molecule has 80 valence electrons. The Kier molecular flexibility index (Phi) is 2.67. The van der Waals surface area contributed by atoms with Crippen molar-refractivity contribution in [1.82, 2.24) is 4.90 Å². The van der Waals surface area contributed by atoms with Gasteiger partial charge in [0.15, 0.2) is 0 Å². The number of hydrogen-bond donors (Lipinski definition) is 1. The van der Waals surface area contributed by atoms with Crippen LogP contribution in [0.3, 0.4) is 0 Å². The molecule has 2 rings (SSSR count). The zero-order valence-corrected chi connectivity index (χ0v) is 9.24. The minimum Gasteiger partial charge on any atom is -0.337 e. The average Bonchev–Trinajstić information content (AvgIpc) is 2.44. The van der Waals surface area contributed by atoms with E-state index in [-0.39, 0.29) is 18.0 Å². The fourth-order valence-electron chi connectivity index (χ4n) is 2.03. The van der Waals surface area contributed by atoms with Crippen LogP contribution < -0.4 is 5.73 Å². The van der Waals surface area contributed by atoms with Gasteiger partial charge in [0.2, 0.25) is 5.91 Å². The molecule has 1 aromatic carbocycles. The number of carbonyl (C=O) groups excluding carboxylic acids is 1. The molecule has 2 atom stereocenters. The third kappa shape index (κ3) is 1.85. The molecule has 1 heterocycles. The third-order valence-corrected chi connectivity index (χ3v) is 3.09. The zero-order chi connectivity index (χ0) is 11.0. The van der Waals surface area contributed by atoms with Gasteiger partial charge in [-0.25, -0.2) is 0 Å². The molecule has 0 aromatic heterocycles. The average molecular weight is 225 g/mol. The quantitative estimate of drug-likeness (QED) is 0.787. The molecule has 0 aliphatic carbocycles. The van der Waals surface area contributed by atoms with Crippen molar-refractivity contribution in [1.29, 1.82) is 0 Å². The summed E-state index contributed by atoms with van der Waals surface area (Å²) in [7, 11) is 1.79. The first-order chi connectivity index (χ1) is 7.09. The summed E-state index contributed by atoms with van der Waals surface area (Å²) in [5.74, 6) is 0.0995. The van der Waals surface area contributed by atoms with Crippen LogP contribution in [-0.2, 0) is 4.79 Å². The molecule has 1 aliphatic heterocycles. The number of halogens is 1. The lowest BCUT2D eigenvalue weighted by Crippen LogP contribution is -2.30. The highest BCUT2D eigenvalue weighted by molar-refractivity contribution is 6.30. The van der Waals surface area contributed by atoms with Gasteiger partial charge >= 0.3 is 0 Å². The van der Waals surface area contributed by atoms with Gasteiger partial charge in [-0.2, -0.15) is 0 Å². The highest BCUT2D eigenvalue weighted by Gasteiger charge is 2.35. The molecule has 2 N–H and O–H groups in total. The molecule has 0 spiro atoms. The maximum absolute atomic E-state index is 11.5. The molecule has 1 aromatic rings. The van der Waals surface area contributed by atoms with E-state index in [2.05, 4.69) is 0 Å². The van der Waals surface area contributed by atoms with Crippen molar-refractivity contribution in [3.8, 4) is 0 Å². The van der Waals surface area contributed by atoms with Crippen LogP contribution >= 0.6 is 11.6 Å². The fraction of sp³-hybridized carbons (Fsp3) is 0.364. The summed E-state index contributed by atoms with van der Waals surface area (Å²) in [6.07, 6.45) is 0.420. The lowest BCUT2D eigenvalue weighted by molar-refractivity contribution is -0.127. The lowest BCUT2D eigenvalue weighted by atomic mass is 10.0. The van der Waals surface area contributed by atoms with Gasteiger partial charge in [0.05, 0.1) is 6.04 Å². The van der Waals surface area contributed by atoms with E-state index in [4.69, 9.17) is 17.3 Å². The number of amides is 1. The van der Waals surface area contributed by atoms with Gasteiger partial charge in [0.25, 0.3) is 0 Å². The smallest absolute Gasteiger partial charge is 0.224 e. The van der Waals surface area contributed by atoms with Crippen LogP contribution in [0.2, 0.25) is 5.02 Å². The maximum atomic E-state index is 11.5. The summed E-state index contributed by atoms with van der Waals surface area (Å²) in [5, 5.41) is 0.694. The van der Waals surface area contributed by atoms with E-state index in [0.717, 1.165) is 5.56 Å². The van der Waals surface area contributed by atoms with Crippen molar-refractivity contribution in [2.45, 2.75) is 18.5 Å². The predicted octanol–water partition coefficient (Wildman–Crippen LogP) is 1.57. The minimum absolute atomic E-state index is 0.0187. The Hall–Kier alpha value is -1.06. The molecule has 1 fully saturated rings. The van der Waals surface area contributed by atoms with Crippen LogP contribution in [0.25, 0.3) is 0 Å². The topological polar surface area (TPSA) is 46.3 Å². The van der Waals surface area contributed by atoms with Crippen molar-refractivity contribution in [2.24, 2.45) is 5.73 Å². The highest BCUT2D eigenvalue weighted by atomic mass is 35.5. The normalized spacial score (nSPS) is 26.1. The van der Waals surface area contributed by atoms with Crippen molar-refractivity contribution >= 4 is 17.5 Å². The van der Waals surface area contributed by atoms with Crippen LogP contribution in [0.1, 0.15) is 18.0 Å².